The third-order valence-electron chi connectivity index (χ3n) is 3.20. The van der Waals surface area contributed by atoms with Gasteiger partial charge in [0, 0.05) is 32.2 Å². The Bertz CT molecular complexity index is 448. The molecule has 106 valence electrons. The molecule has 1 aromatic rings. The Morgan fingerprint density at radius 1 is 1.42 bits per heavy atom. The average Bonchev–Trinajstić information content (AvgIpc) is 2.30. The molecule has 2 rings (SSSR count). The Hall–Kier alpha value is -0.780. The Kier molecular flexibility index (Phi) is 4.38. The fourth-order valence-corrected chi connectivity index (χ4v) is 2.53. The predicted molar refractivity (Wildman–Crippen MR) is 69.2 cm³/mol. The zero-order chi connectivity index (χ0) is 14.0. The van der Waals surface area contributed by atoms with E-state index in [4.69, 9.17) is 11.6 Å². The highest BCUT2D eigenvalue weighted by atomic mass is 35.5. The summed E-state index contributed by atoms with van der Waals surface area (Å²) < 4.78 is 38.3. The summed E-state index contributed by atoms with van der Waals surface area (Å²) in [5.74, 6) is 0. The average molecular weight is 293 g/mol. The summed E-state index contributed by atoms with van der Waals surface area (Å²) in [5.41, 5.74) is -0.110. The van der Waals surface area contributed by atoms with Crippen molar-refractivity contribution in [3.8, 4) is 0 Å². The van der Waals surface area contributed by atoms with Gasteiger partial charge in [-0.2, -0.15) is 13.2 Å². The maximum Gasteiger partial charge on any atom is 0.417 e. The summed E-state index contributed by atoms with van der Waals surface area (Å²) in [6.07, 6.45) is -4.40. The first-order valence-electron chi connectivity index (χ1n) is 6.17. The fraction of sp³-hybridized carbons (Fsp3) is 0.538. The van der Waals surface area contributed by atoms with Crippen LogP contribution in [0.15, 0.2) is 18.2 Å². The van der Waals surface area contributed by atoms with E-state index in [1.165, 1.54) is 6.07 Å². The number of piperazine rings is 1. The second-order valence-corrected chi connectivity index (χ2v) is 5.31. The van der Waals surface area contributed by atoms with Gasteiger partial charge in [-0.25, -0.2) is 0 Å². The van der Waals surface area contributed by atoms with Crippen molar-refractivity contribution in [2.75, 3.05) is 19.6 Å². The molecule has 0 radical (unpaired) electrons. The Balaban J connectivity index is 2.13. The van der Waals surface area contributed by atoms with Crippen molar-refractivity contribution in [2.45, 2.75) is 25.7 Å². The van der Waals surface area contributed by atoms with Crippen molar-refractivity contribution < 1.29 is 13.2 Å². The molecule has 0 aromatic heterocycles. The van der Waals surface area contributed by atoms with Crippen LogP contribution in [0.1, 0.15) is 18.1 Å². The fourth-order valence-electron chi connectivity index (χ4n) is 2.30. The molecule has 0 amide bonds. The maximum atomic E-state index is 12.8. The molecule has 1 atom stereocenters. The van der Waals surface area contributed by atoms with E-state index in [0.29, 0.717) is 18.2 Å². The molecule has 0 unspecified atom stereocenters. The van der Waals surface area contributed by atoms with Crippen molar-refractivity contribution in [3.05, 3.63) is 34.3 Å². The number of halogens is 4. The number of nitrogens with zero attached hydrogens (tertiary/aromatic N) is 1. The lowest BCUT2D eigenvalue weighted by molar-refractivity contribution is -0.137. The van der Waals surface area contributed by atoms with E-state index in [1.54, 1.807) is 6.07 Å². The van der Waals surface area contributed by atoms with Crippen LogP contribution in [0.2, 0.25) is 5.02 Å². The smallest absolute Gasteiger partial charge is 0.312 e. The van der Waals surface area contributed by atoms with Crippen molar-refractivity contribution in [1.82, 2.24) is 10.2 Å². The molecule has 1 fully saturated rings. The van der Waals surface area contributed by atoms with E-state index in [9.17, 15) is 13.2 Å². The number of nitrogens with one attached hydrogen (secondary N) is 1. The number of benzene rings is 1. The standard InChI is InChI=1S/C13H16ClF3N2/c1-9-7-19(5-4-18-9)8-10-2-3-12(14)11(6-10)13(15,16)17/h2-3,6,9,18H,4-5,7-8H2,1H3/t9-/m1/s1. The van der Waals surface area contributed by atoms with E-state index in [2.05, 4.69) is 17.1 Å². The van der Waals surface area contributed by atoms with Gasteiger partial charge in [0.1, 0.15) is 0 Å². The monoisotopic (exact) mass is 292 g/mol. The SMILES string of the molecule is C[C@@H]1CN(Cc2ccc(Cl)c(C(F)(F)F)c2)CCN1. The van der Waals surface area contributed by atoms with E-state index < -0.39 is 11.7 Å². The number of alkyl halides is 3. The molecule has 0 saturated carbocycles. The predicted octanol–water partition coefficient (Wildman–Crippen LogP) is 3.15. The molecule has 0 bridgehead atoms. The highest BCUT2D eigenvalue weighted by Gasteiger charge is 2.33. The highest BCUT2D eigenvalue weighted by molar-refractivity contribution is 6.31. The largest absolute Gasteiger partial charge is 0.417 e. The molecule has 6 heteroatoms. The van der Waals surface area contributed by atoms with Crippen molar-refractivity contribution in [3.63, 3.8) is 0 Å². The first-order valence-corrected chi connectivity index (χ1v) is 6.55. The molecule has 1 heterocycles. The number of hydrogen-bond acceptors (Lipinski definition) is 2. The third-order valence-corrected chi connectivity index (χ3v) is 3.52. The minimum absolute atomic E-state index is 0.245. The highest BCUT2D eigenvalue weighted by Crippen LogP contribution is 2.35. The van der Waals surface area contributed by atoms with Gasteiger partial charge in [0.05, 0.1) is 10.6 Å². The van der Waals surface area contributed by atoms with Crippen LogP contribution < -0.4 is 5.32 Å². The maximum absolute atomic E-state index is 12.8. The van der Waals surface area contributed by atoms with Crippen LogP contribution >= 0.6 is 11.6 Å². The molecular weight excluding hydrogens is 277 g/mol. The molecule has 2 nitrogen and oxygen atoms in total. The van der Waals surface area contributed by atoms with E-state index in [1.807, 2.05) is 0 Å². The van der Waals surface area contributed by atoms with Crippen molar-refractivity contribution in [1.29, 1.82) is 0 Å². The topological polar surface area (TPSA) is 15.3 Å². The lowest BCUT2D eigenvalue weighted by Gasteiger charge is -2.32. The van der Waals surface area contributed by atoms with Gasteiger partial charge >= 0.3 is 6.18 Å². The Labute approximate surface area is 115 Å². The van der Waals surface area contributed by atoms with Gasteiger partial charge in [-0.15, -0.1) is 0 Å². The first kappa shape index (κ1) is 14.6. The number of rotatable bonds is 2. The Morgan fingerprint density at radius 2 is 2.16 bits per heavy atom. The summed E-state index contributed by atoms with van der Waals surface area (Å²) in [6.45, 7) is 5.13. The van der Waals surface area contributed by atoms with Crippen molar-refractivity contribution >= 4 is 11.6 Å². The normalized spacial score (nSPS) is 21.6. The van der Waals surface area contributed by atoms with E-state index >= 15 is 0 Å². The Morgan fingerprint density at radius 3 is 2.79 bits per heavy atom. The lowest BCUT2D eigenvalue weighted by Crippen LogP contribution is -2.48. The molecular formula is C13H16ClF3N2. The molecule has 1 aliphatic heterocycles. The van der Waals surface area contributed by atoms with Crippen LogP contribution in [0.25, 0.3) is 0 Å². The minimum Gasteiger partial charge on any atom is -0.312 e. The van der Waals surface area contributed by atoms with Gasteiger partial charge in [-0.3, -0.25) is 4.90 Å². The van der Waals surface area contributed by atoms with Crippen LogP contribution in [-0.2, 0) is 12.7 Å². The summed E-state index contributed by atoms with van der Waals surface area (Å²) in [7, 11) is 0. The van der Waals surface area contributed by atoms with Crippen molar-refractivity contribution in [2.24, 2.45) is 0 Å². The molecule has 1 N–H and O–H groups in total. The van der Waals surface area contributed by atoms with Crippen LogP contribution in [0.4, 0.5) is 13.2 Å². The number of hydrogen-bond donors (Lipinski definition) is 1. The third kappa shape index (κ3) is 3.84. The summed E-state index contributed by atoms with van der Waals surface area (Å²) in [6, 6.07) is 4.49. The van der Waals surface area contributed by atoms with Gasteiger partial charge in [0.25, 0.3) is 0 Å². The summed E-state index contributed by atoms with van der Waals surface area (Å²) >= 11 is 5.60. The van der Waals surface area contributed by atoms with Gasteiger partial charge in [0.2, 0.25) is 0 Å². The molecule has 0 aliphatic carbocycles. The van der Waals surface area contributed by atoms with E-state index in [-0.39, 0.29) is 5.02 Å². The zero-order valence-electron chi connectivity index (χ0n) is 10.6. The first-order chi connectivity index (χ1) is 8.86. The van der Waals surface area contributed by atoms with E-state index in [0.717, 1.165) is 25.7 Å². The van der Waals surface area contributed by atoms with Crippen LogP contribution in [0.3, 0.4) is 0 Å². The van der Waals surface area contributed by atoms with Gasteiger partial charge in [-0.05, 0) is 24.6 Å². The van der Waals surface area contributed by atoms with Gasteiger partial charge in [-0.1, -0.05) is 17.7 Å². The van der Waals surface area contributed by atoms with Crippen LogP contribution in [0, 0.1) is 0 Å². The second-order valence-electron chi connectivity index (χ2n) is 4.90. The molecule has 0 spiro atoms. The van der Waals surface area contributed by atoms with Gasteiger partial charge in [0.15, 0.2) is 0 Å². The molecule has 1 saturated heterocycles. The lowest BCUT2D eigenvalue weighted by atomic mass is 10.1. The summed E-state index contributed by atoms with van der Waals surface area (Å²) in [4.78, 5) is 2.14. The second kappa shape index (κ2) is 5.69. The quantitative estimate of drug-likeness (QED) is 0.901. The molecule has 1 aromatic carbocycles. The zero-order valence-corrected chi connectivity index (χ0v) is 11.4. The molecule has 19 heavy (non-hydrogen) atoms. The minimum atomic E-state index is -4.40. The summed E-state index contributed by atoms with van der Waals surface area (Å²) in [5, 5.41) is 3.05. The van der Waals surface area contributed by atoms with Crippen LogP contribution in [-0.4, -0.2) is 30.6 Å². The van der Waals surface area contributed by atoms with Crippen LogP contribution in [0.5, 0.6) is 0 Å². The molecule has 1 aliphatic rings. The van der Waals surface area contributed by atoms with Gasteiger partial charge < -0.3 is 5.32 Å².